The van der Waals surface area contributed by atoms with Crippen molar-refractivity contribution < 1.29 is 9.53 Å². The Labute approximate surface area is 102 Å². The lowest BCUT2D eigenvalue weighted by Gasteiger charge is -2.27. The molecule has 0 aliphatic heterocycles. The summed E-state index contributed by atoms with van der Waals surface area (Å²) in [6.45, 7) is 4.24. The second kappa shape index (κ2) is 4.58. The number of ether oxygens (including phenoxy) is 1. The van der Waals surface area contributed by atoms with Crippen LogP contribution in [-0.2, 0) is 10.2 Å². The first-order valence-corrected chi connectivity index (χ1v) is 5.54. The minimum atomic E-state index is -0.314. The molecule has 1 unspecified atom stereocenters. The second-order valence-corrected chi connectivity index (χ2v) is 4.22. The summed E-state index contributed by atoms with van der Waals surface area (Å²) in [5, 5.41) is 0. The molecule has 1 aliphatic rings. The Bertz CT molecular complexity index is 485. The van der Waals surface area contributed by atoms with E-state index in [1.807, 2.05) is 30.4 Å². The fourth-order valence-corrected chi connectivity index (χ4v) is 1.95. The second-order valence-electron chi connectivity index (χ2n) is 4.22. The van der Waals surface area contributed by atoms with E-state index in [4.69, 9.17) is 4.74 Å². The van der Waals surface area contributed by atoms with E-state index in [1.54, 1.807) is 6.07 Å². The van der Waals surface area contributed by atoms with Gasteiger partial charge < -0.3 is 4.74 Å². The Balaban J connectivity index is 2.36. The van der Waals surface area contributed by atoms with Crippen LogP contribution in [0.4, 0.5) is 0 Å². The smallest absolute Gasteiger partial charge is 0.337 e. The average molecular weight is 227 g/mol. The Morgan fingerprint density at radius 2 is 2.24 bits per heavy atom. The predicted molar refractivity (Wildman–Crippen MR) is 67.7 cm³/mol. The molecule has 0 aromatic heterocycles. The first kappa shape index (κ1) is 11.6. The van der Waals surface area contributed by atoms with Crippen LogP contribution in [-0.4, -0.2) is 13.1 Å². The topological polar surface area (TPSA) is 26.3 Å². The van der Waals surface area contributed by atoms with Crippen LogP contribution in [0, 0.1) is 6.92 Å². The Hall–Kier alpha value is -1.83. The molecule has 0 heterocycles. The number of hydrogen-bond acceptors (Lipinski definition) is 2. The maximum atomic E-state index is 11.5. The summed E-state index contributed by atoms with van der Waals surface area (Å²) >= 11 is 0. The van der Waals surface area contributed by atoms with Gasteiger partial charge in [0.1, 0.15) is 0 Å². The molecule has 1 aliphatic carbocycles. The Morgan fingerprint density at radius 3 is 2.88 bits per heavy atom. The van der Waals surface area contributed by atoms with Gasteiger partial charge in [0.25, 0.3) is 0 Å². The van der Waals surface area contributed by atoms with Crippen molar-refractivity contribution in [1.29, 1.82) is 0 Å². The molecule has 17 heavy (non-hydrogen) atoms. The molecular formula is C15H15O2. The molecule has 0 N–H and O–H groups in total. The first-order valence-electron chi connectivity index (χ1n) is 5.54. The van der Waals surface area contributed by atoms with Gasteiger partial charge in [-0.25, -0.2) is 4.79 Å². The van der Waals surface area contributed by atoms with Crippen LogP contribution < -0.4 is 0 Å². The lowest BCUT2D eigenvalue weighted by molar-refractivity contribution is 0.0600. The van der Waals surface area contributed by atoms with Crippen LogP contribution in [0.25, 0.3) is 0 Å². The number of carbonyl (C=O) groups excluding carboxylic acids is 1. The highest BCUT2D eigenvalue weighted by atomic mass is 16.5. The zero-order valence-corrected chi connectivity index (χ0v) is 9.85. The first-order chi connectivity index (χ1) is 8.15. The van der Waals surface area contributed by atoms with E-state index >= 15 is 0 Å². The van der Waals surface area contributed by atoms with Gasteiger partial charge >= 0.3 is 5.97 Å². The SMILES string of the molecule is [CH2]C1(c2cccc(C(=O)OC)c2)C=CC=CC1. The molecule has 1 radical (unpaired) electrons. The highest BCUT2D eigenvalue weighted by Crippen LogP contribution is 2.32. The fourth-order valence-electron chi connectivity index (χ4n) is 1.95. The molecule has 1 aromatic carbocycles. The normalized spacial score (nSPS) is 22.5. The number of benzene rings is 1. The molecule has 2 rings (SSSR count). The van der Waals surface area contributed by atoms with E-state index in [1.165, 1.54) is 7.11 Å². The van der Waals surface area contributed by atoms with Gasteiger partial charge in [-0.1, -0.05) is 36.4 Å². The molecule has 0 bridgehead atoms. The quantitative estimate of drug-likeness (QED) is 0.726. The van der Waals surface area contributed by atoms with Crippen LogP contribution in [0.3, 0.4) is 0 Å². The van der Waals surface area contributed by atoms with Crippen molar-refractivity contribution in [3.05, 3.63) is 66.6 Å². The summed E-state index contributed by atoms with van der Waals surface area (Å²) < 4.78 is 4.72. The maximum absolute atomic E-state index is 11.5. The van der Waals surface area contributed by atoms with Gasteiger partial charge in [-0.15, -0.1) is 0 Å². The molecule has 1 aromatic rings. The van der Waals surface area contributed by atoms with Crippen LogP contribution in [0.5, 0.6) is 0 Å². The Morgan fingerprint density at radius 1 is 1.41 bits per heavy atom. The van der Waals surface area contributed by atoms with E-state index in [-0.39, 0.29) is 11.4 Å². The van der Waals surface area contributed by atoms with Crippen LogP contribution in [0.1, 0.15) is 22.3 Å². The summed E-state index contributed by atoms with van der Waals surface area (Å²) in [7, 11) is 1.39. The standard InChI is InChI=1S/C15H15O2/c1-15(9-4-3-5-10-15)13-8-6-7-12(11-13)14(16)17-2/h3-9,11H,1,10H2,2H3. The number of carbonyl (C=O) groups is 1. The molecule has 1 atom stereocenters. The van der Waals surface area contributed by atoms with Gasteiger partial charge in [-0.05, 0) is 31.0 Å². The molecule has 2 heteroatoms. The highest BCUT2D eigenvalue weighted by Gasteiger charge is 2.24. The van der Waals surface area contributed by atoms with Gasteiger partial charge in [0.2, 0.25) is 0 Å². The van der Waals surface area contributed by atoms with Crippen molar-refractivity contribution in [3.8, 4) is 0 Å². The summed E-state index contributed by atoms with van der Waals surface area (Å²) in [6, 6.07) is 7.45. The molecule has 87 valence electrons. The van der Waals surface area contributed by atoms with Gasteiger partial charge in [-0.3, -0.25) is 0 Å². The lowest BCUT2D eigenvalue weighted by Crippen LogP contribution is -2.20. The zero-order chi connectivity index (χ0) is 12.3. The van der Waals surface area contributed by atoms with Crippen molar-refractivity contribution in [3.63, 3.8) is 0 Å². The summed E-state index contributed by atoms with van der Waals surface area (Å²) in [4.78, 5) is 11.5. The summed E-state index contributed by atoms with van der Waals surface area (Å²) in [5.41, 5.74) is 1.32. The van der Waals surface area contributed by atoms with Crippen LogP contribution in [0.15, 0.2) is 48.6 Å². The van der Waals surface area contributed by atoms with Crippen molar-refractivity contribution >= 4 is 5.97 Å². The fraction of sp³-hybridized carbons (Fsp3) is 0.200. The number of allylic oxidation sites excluding steroid dienone is 4. The molecule has 0 spiro atoms. The van der Waals surface area contributed by atoms with E-state index in [9.17, 15) is 4.79 Å². The Kier molecular flexibility index (Phi) is 3.14. The summed E-state index contributed by atoms with van der Waals surface area (Å²) in [5.74, 6) is -0.314. The van der Waals surface area contributed by atoms with Gasteiger partial charge in [0.15, 0.2) is 0 Å². The third-order valence-electron chi connectivity index (χ3n) is 3.00. The van der Waals surface area contributed by atoms with Gasteiger partial charge in [0, 0.05) is 5.41 Å². The van der Waals surface area contributed by atoms with E-state index < -0.39 is 0 Å². The number of hydrogen-bond donors (Lipinski definition) is 0. The number of methoxy groups -OCH3 is 1. The molecule has 2 nitrogen and oxygen atoms in total. The monoisotopic (exact) mass is 227 g/mol. The third kappa shape index (κ3) is 2.31. The minimum absolute atomic E-state index is 0.279. The van der Waals surface area contributed by atoms with Crippen molar-refractivity contribution in [2.75, 3.05) is 7.11 Å². The number of esters is 1. The van der Waals surface area contributed by atoms with Crippen LogP contribution in [0.2, 0.25) is 0 Å². The molecular weight excluding hydrogens is 212 g/mol. The van der Waals surface area contributed by atoms with Gasteiger partial charge in [0.05, 0.1) is 12.7 Å². The van der Waals surface area contributed by atoms with Crippen molar-refractivity contribution in [2.45, 2.75) is 11.8 Å². The largest absolute Gasteiger partial charge is 0.465 e. The molecule has 0 saturated carbocycles. The van der Waals surface area contributed by atoms with Gasteiger partial charge in [-0.2, -0.15) is 0 Å². The number of rotatable bonds is 2. The third-order valence-corrected chi connectivity index (χ3v) is 3.00. The minimum Gasteiger partial charge on any atom is -0.465 e. The summed E-state index contributed by atoms with van der Waals surface area (Å²) in [6.07, 6.45) is 8.98. The molecule has 0 amide bonds. The lowest BCUT2D eigenvalue weighted by atomic mass is 9.77. The van der Waals surface area contributed by atoms with Crippen molar-refractivity contribution in [1.82, 2.24) is 0 Å². The predicted octanol–water partition coefficient (Wildman–Crippen LogP) is 3.06. The maximum Gasteiger partial charge on any atom is 0.337 e. The van der Waals surface area contributed by atoms with E-state index in [0.29, 0.717) is 5.56 Å². The van der Waals surface area contributed by atoms with Crippen LogP contribution >= 0.6 is 0 Å². The molecule has 0 saturated heterocycles. The van der Waals surface area contributed by atoms with E-state index in [2.05, 4.69) is 19.1 Å². The van der Waals surface area contributed by atoms with E-state index in [0.717, 1.165) is 12.0 Å². The zero-order valence-electron chi connectivity index (χ0n) is 9.85. The molecule has 0 fully saturated rings. The highest BCUT2D eigenvalue weighted by molar-refractivity contribution is 5.89. The average Bonchev–Trinajstić information content (AvgIpc) is 2.39. The van der Waals surface area contributed by atoms with Crippen molar-refractivity contribution in [2.24, 2.45) is 0 Å².